The summed E-state index contributed by atoms with van der Waals surface area (Å²) in [5, 5.41) is 14.2. The Labute approximate surface area is 152 Å². The molecule has 2 aliphatic rings. The molecule has 3 N–H and O–H groups in total. The molecule has 2 fully saturated rings. The van der Waals surface area contributed by atoms with E-state index in [4.69, 9.17) is 5.11 Å². The number of carbonyl (C=O) groups excluding carboxylic acids is 2. The first kappa shape index (κ1) is 19.0. The first-order chi connectivity index (χ1) is 12.6. The van der Waals surface area contributed by atoms with Gasteiger partial charge in [0, 0.05) is 30.4 Å². The molecule has 0 unspecified atom stereocenters. The minimum atomic E-state index is -4.70. The Morgan fingerprint density at radius 2 is 1.70 bits per heavy atom. The predicted octanol–water partition coefficient (Wildman–Crippen LogP) is 2.76. The number of carboxylic acids is 1. The molecule has 10 heteroatoms. The van der Waals surface area contributed by atoms with Crippen molar-refractivity contribution in [3.05, 3.63) is 24.3 Å². The SMILES string of the molecule is O=C(Nc1cccc(NC(=O)N2C[C@@H](C(F)(F)F)[C@H](C(=O)O)C2)c1)C1CC1. The maximum Gasteiger partial charge on any atom is 0.394 e. The number of carboxylic acid groups (broad SMARTS) is 1. The third-order valence-electron chi connectivity index (χ3n) is 4.67. The van der Waals surface area contributed by atoms with Crippen LogP contribution in [0.4, 0.5) is 29.3 Å². The summed E-state index contributed by atoms with van der Waals surface area (Å²) < 4.78 is 39.1. The molecule has 0 spiro atoms. The number of nitrogens with zero attached hydrogens (tertiary/aromatic N) is 1. The van der Waals surface area contributed by atoms with E-state index in [2.05, 4.69) is 10.6 Å². The predicted molar refractivity (Wildman–Crippen MR) is 89.1 cm³/mol. The summed E-state index contributed by atoms with van der Waals surface area (Å²) in [5.74, 6) is -5.50. The molecule has 1 saturated carbocycles. The molecular weight excluding hydrogens is 367 g/mol. The highest BCUT2D eigenvalue weighted by Gasteiger charge is 2.53. The molecule has 1 saturated heterocycles. The number of carbonyl (C=O) groups is 3. The van der Waals surface area contributed by atoms with Crippen molar-refractivity contribution in [3.63, 3.8) is 0 Å². The molecule has 1 aromatic carbocycles. The molecule has 0 bridgehead atoms. The van der Waals surface area contributed by atoms with E-state index in [0.29, 0.717) is 5.69 Å². The van der Waals surface area contributed by atoms with Gasteiger partial charge in [0.15, 0.2) is 0 Å². The van der Waals surface area contributed by atoms with E-state index in [1.165, 1.54) is 12.1 Å². The van der Waals surface area contributed by atoms with E-state index >= 15 is 0 Å². The molecular formula is C17H18F3N3O4. The number of benzene rings is 1. The number of urea groups is 1. The summed E-state index contributed by atoms with van der Waals surface area (Å²) >= 11 is 0. The number of nitrogens with one attached hydrogen (secondary N) is 2. The molecule has 3 rings (SSSR count). The summed E-state index contributed by atoms with van der Waals surface area (Å²) in [6.07, 6.45) is -3.03. The molecule has 0 aromatic heterocycles. The summed E-state index contributed by atoms with van der Waals surface area (Å²) in [6.45, 7) is -1.24. The van der Waals surface area contributed by atoms with Gasteiger partial charge in [0.1, 0.15) is 0 Å². The number of likely N-dealkylation sites (tertiary alicyclic amines) is 1. The minimum Gasteiger partial charge on any atom is -0.481 e. The van der Waals surface area contributed by atoms with Gasteiger partial charge in [-0.15, -0.1) is 0 Å². The fourth-order valence-corrected chi connectivity index (χ4v) is 3.02. The molecule has 0 radical (unpaired) electrons. The Bertz CT molecular complexity index is 764. The van der Waals surface area contributed by atoms with Gasteiger partial charge in [0.25, 0.3) is 0 Å². The smallest absolute Gasteiger partial charge is 0.394 e. The lowest BCUT2D eigenvalue weighted by Crippen LogP contribution is -2.35. The van der Waals surface area contributed by atoms with Gasteiger partial charge in [-0.3, -0.25) is 9.59 Å². The lowest BCUT2D eigenvalue weighted by Gasteiger charge is -2.19. The van der Waals surface area contributed by atoms with Crippen LogP contribution in [0.3, 0.4) is 0 Å². The van der Waals surface area contributed by atoms with Crippen molar-refractivity contribution in [2.75, 3.05) is 23.7 Å². The number of hydrogen-bond acceptors (Lipinski definition) is 3. The lowest BCUT2D eigenvalue weighted by molar-refractivity contribution is -0.187. The van der Waals surface area contributed by atoms with Crippen LogP contribution in [0.1, 0.15) is 12.8 Å². The lowest BCUT2D eigenvalue weighted by atomic mass is 9.96. The number of alkyl halides is 3. The Kier molecular flexibility index (Phi) is 4.99. The maximum absolute atomic E-state index is 13.0. The highest BCUT2D eigenvalue weighted by molar-refractivity contribution is 5.95. The minimum absolute atomic E-state index is 0.0000937. The zero-order valence-electron chi connectivity index (χ0n) is 14.1. The Balaban J connectivity index is 1.65. The Hall–Kier alpha value is -2.78. The monoisotopic (exact) mass is 385 g/mol. The quantitative estimate of drug-likeness (QED) is 0.742. The molecule has 1 aromatic rings. The molecule has 7 nitrogen and oxygen atoms in total. The molecule has 3 amide bonds. The fourth-order valence-electron chi connectivity index (χ4n) is 3.02. The van der Waals surface area contributed by atoms with Crippen molar-refractivity contribution in [3.8, 4) is 0 Å². The van der Waals surface area contributed by atoms with Crippen LogP contribution in [0.2, 0.25) is 0 Å². The van der Waals surface area contributed by atoms with Crippen LogP contribution < -0.4 is 10.6 Å². The van der Waals surface area contributed by atoms with Gasteiger partial charge in [0.05, 0.1) is 11.8 Å². The van der Waals surface area contributed by atoms with Gasteiger partial charge in [-0.25, -0.2) is 4.79 Å². The van der Waals surface area contributed by atoms with E-state index in [1.54, 1.807) is 12.1 Å². The van der Waals surface area contributed by atoms with Gasteiger partial charge < -0.3 is 20.6 Å². The maximum atomic E-state index is 13.0. The highest BCUT2D eigenvalue weighted by atomic mass is 19.4. The van der Waals surface area contributed by atoms with Crippen molar-refractivity contribution < 1.29 is 32.7 Å². The second-order valence-electron chi connectivity index (χ2n) is 6.77. The van der Waals surface area contributed by atoms with Crippen molar-refractivity contribution in [2.45, 2.75) is 19.0 Å². The number of aliphatic carboxylic acids is 1. The average molecular weight is 385 g/mol. The topological polar surface area (TPSA) is 98.7 Å². The summed E-state index contributed by atoms with van der Waals surface area (Å²) in [6, 6.07) is 5.41. The normalized spacial score (nSPS) is 22.4. The van der Waals surface area contributed by atoms with Gasteiger partial charge in [-0.05, 0) is 31.0 Å². The third kappa shape index (κ3) is 4.50. The zero-order valence-corrected chi connectivity index (χ0v) is 14.1. The van der Waals surface area contributed by atoms with Crippen LogP contribution in [0.5, 0.6) is 0 Å². The third-order valence-corrected chi connectivity index (χ3v) is 4.67. The van der Waals surface area contributed by atoms with Crippen LogP contribution in [-0.2, 0) is 9.59 Å². The number of amides is 3. The molecule has 1 aliphatic heterocycles. The Morgan fingerprint density at radius 3 is 2.22 bits per heavy atom. The number of anilines is 2. The number of rotatable bonds is 4. The standard InChI is InChI=1S/C17H18F3N3O4/c18-17(19,20)13-8-23(7-12(13)15(25)26)16(27)22-11-3-1-2-10(6-11)21-14(24)9-4-5-9/h1-3,6,9,12-13H,4-5,7-8H2,(H,21,24)(H,22,27)(H,25,26)/t12-,13-/m1/s1. The number of hydrogen-bond donors (Lipinski definition) is 3. The van der Waals surface area contributed by atoms with Crippen molar-refractivity contribution in [2.24, 2.45) is 17.8 Å². The van der Waals surface area contributed by atoms with Crippen LogP contribution in [0.15, 0.2) is 24.3 Å². The van der Waals surface area contributed by atoms with Crippen molar-refractivity contribution >= 4 is 29.3 Å². The molecule has 146 valence electrons. The summed E-state index contributed by atoms with van der Waals surface area (Å²) in [5.41, 5.74) is 0.749. The second-order valence-corrected chi connectivity index (χ2v) is 6.77. The average Bonchev–Trinajstić information content (AvgIpc) is 3.31. The van der Waals surface area contributed by atoms with Crippen LogP contribution in [0.25, 0.3) is 0 Å². The molecule has 27 heavy (non-hydrogen) atoms. The molecule has 1 heterocycles. The Morgan fingerprint density at radius 1 is 1.07 bits per heavy atom. The number of halogens is 3. The van der Waals surface area contributed by atoms with Crippen molar-refractivity contribution in [1.82, 2.24) is 4.90 Å². The zero-order chi connectivity index (χ0) is 19.8. The fraction of sp³-hybridized carbons (Fsp3) is 0.471. The van der Waals surface area contributed by atoms with Crippen LogP contribution in [0, 0.1) is 17.8 Å². The largest absolute Gasteiger partial charge is 0.481 e. The first-order valence-corrected chi connectivity index (χ1v) is 8.41. The van der Waals surface area contributed by atoms with E-state index in [0.717, 1.165) is 17.7 Å². The summed E-state index contributed by atoms with van der Waals surface area (Å²) in [4.78, 5) is 36.0. The van der Waals surface area contributed by atoms with E-state index < -0.39 is 43.1 Å². The van der Waals surface area contributed by atoms with Crippen LogP contribution in [-0.4, -0.2) is 47.2 Å². The summed E-state index contributed by atoms with van der Waals surface area (Å²) in [7, 11) is 0. The van der Waals surface area contributed by atoms with Gasteiger partial charge in [-0.2, -0.15) is 13.2 Å². The second kappa shape index (κ2) is 7.09. The van der Waals surface area contributed by atoms with E-state index in [-0.39, 0.29) is 17.5 Å². The van der Waals surface area contributed by atoms with Gasteiger partial charge >= 0.3 is 18.2 Å². The van der Waals surface area contributed by atoms with Gasteiger partial charge in [0.2, 0.25) is 5.91 Å². The highest BCUT2D eigenvalue weighted by Crippen LogP contribution is 2.38. The first-order valence-electron chi connectivity index (χ1n) is 8.41. The molecule has 1 aliphatic carbocycles. The van der Waals surface area contributed by atoms with E-state index in [1.807, 2.05) is 0 Å². The van der Waals surface area contributed by atoms with Crippen LogP contribution >= 0.6 is 0 Å². The van der Waals surface area contributed by atoms with Crippen molar-refractivity contribution in [1.29, 1.82) is 0 Å². The van der Waals surface area contributed by atoms with Gasteiger partial charge in [-0.1, -0.05) is 6.07 Å². The van der Waals surface area contributed by atoms with E-state index in [9.17, 15) is 27.6 Å². The molecule has 2 atom stereocenters.